The van der Waals surface area contributed by atoms with Gasteiger partial charge in [0.2, 0.25) is 10.0 Å². The summed E-state index contributed by atoms with van der Waals surface area (Å²) in [5, 5.41) is 2.80. The van der Waals surface area contributed by atoms with E-state index >= 15 is 0 Å². The Morgan fingerprint density at radius 3 is 2.44 bits per heavy atom. The highest BCUT2D eigenvalue weighted by Crippen LogP contribution is 2.19. The highest BCUT2D eigenvalue weighted by molar-refractivity contribution is 7.93. The summed E-state index contributed by atoms with van der Waals surface area (Å²) in [5.74, 6) is 0. The van der Waals surface area contributed by atoms with Crippen molar-refractivity contribution in [1.29, 1.82) is 0 Å². The minimum atomic E-state index is -3.28. The normalized spacial score (nSPS) is 20.7. The van der Waals surface area contributed by atoms with Crippen LogP contribution in [-0.2, 0) is 10.0 Å². The second kappa shape index (κ2) is 5.28. The lowest BCUT2D eigenvalue weighted by Gasteiger charge is -2.23. The fraction of sp³-hybridized carbons (Fsp3) is 0.538. The van der Waals surface area contributed by atoms with E-state index < -0.39 is 10.0 Å². The van der Waals surface area contributed by atoms with E-state index in [0.29, 0.717) is 12.2 Å². The van der Waals surface area contributed by atoms with Crippen molar-refractivity contribution < 1.29 is 8.42 Å². The first-order chi connectivity index (χ1) is 8.47. The van der Waals surface area contributed by atoms with Gasteiger partial charge >= 0.3 is 0 Å². The van der Waals surface area contributed by atoms with Crippen LogP contribution in [0.2, 0.25) is 0 Å². The van der Waals surface area contributed by atoms with Crippen LogP contribution >= 0.6 is 0 Å². The second-order valence-corrected chi connectivity index (χ2v) is 6.95. The third kappa shape index (κ3) is 3.23. The Hall–Kier alpha value is -1.07. The van der Waals surface area contributed by atoms with Crippen LogP contribution in [0.1, 0.15) is 24.0 Å². The summed E-state index contributed by atoms with van der Waals surface area (Å²) in [5.41, 5.74) is 2.79. The summed E-state index contributed by atoms with van der Waals surface area (Å²) in [6.45, 7) is 5.38. The monoisotopic (exact) mass is 268 g/mol. The second-order valence-electron chi connectivity index (χ2n) is 4.99. The maximum absolute atomic E-state index is 12.2. The number of aryl methyl sites for hydroxylation is 2. The van der Waals surface area contributed by atoms with Crippen LogP contribution in [0.25, 0.3) is 0 Å². The number of sulfonamides is 1. The number of nitrogens with one attached hydrogen (secondary N) is 2. The maximum atomic E-state index is 12.2. The van der Waals surface area contributed by atoms with E-state index in [0.717, 1.165) is 30.5 Å². The Labute approximate surface area is 109 Å². The lowest BCUT2D eigenvalue weighted by Crippen LogP contribution is -2.41. The molecule has 1 saturated heterocycles. The number of piperidine rings is 1. The van der Waals surface area contributed by atoms with Gasteiger partial charge in [-0.15, -0.1) is 0 Å². The molecule has 0 amide bonds. The summed E-state index contributed by atoms with van der Waals surface area (Å²) in [6.07, 6.45) is 1.64. The standard InChI is InChI=1S/C13H20N2O2S/c1-10-6-11(2)8-12(7-10)15-18(16,17)13-4-3-5-14-9-13/h6-8,13-15H,3-5,9H2,1-2H3. The Morgan fingerprint density at radius 1 is 1.22 bits per heavy atom. The molecule has 1 unspecified atom stereocenters. The van der Waals surface area contributed by atoms with Crippen molar-refractivity contribution in [3.05, 3.63) is 29.3 Å². The molecule has 0 radical (unpaired) electrons. The summed E-state index contributed by atoms with van der Waals surface area (Å²) < 4.78 is 27.2. The predicted molar refractivity (Wildman–Crippen MR) is 74.4 cm³/mol. The van der Waals surface area contributed by atoms with E-state index in [2.05, 4.69) is 10.0 Å². The molecular formula is C13H20N2O2S. The van der Waals surface area contributed by atoms with Crippen molar-refractivity contribution in [3.63, 3.8) is 0 Å². The van der Waals surface area contributed by atoms with Gasteiger partial charge in [0.05, 0.1) is 5.25 Å². The van der Waals surface area contributed by atoms with Crippen molar-refractivity contribution in [2.24, 2.45) is 0 Å². The lowest BCUT2D eigenvalue weighted by atomic mass is 10.1. The first-order valence-corrected chi connectivity index (χ1v) is 7.83. The first kappa shape index (κ1) is 13.4. The average molecular weight is 268 g/mol. The molecule has 1 fully saturated rings. The maximum Gasteiger partial charge on any atom is 0.236 e. The van der Waals surface area contributed by atoms with E-state index in [-0.39, 0.29) is 5.25 Å². The predicted octanol–water partition coefficient (Wildman–Crippen LogP) is 1.80. The molecule has 1 atom stereocenters. The molecule has 2 N–H and O–H groups in total. The van der Waals surface area contributed by atoms with Crippen LogP contribution in [0, 0.1) is 13.8 Å². The van der Waals surface area contributed by atoms with E-state index in [1.54, 1.807) is 0 Å². The summed E-state index contributed by atoms with van der Waals surface area (Å²) in [7, 11) is -3.28. The molecule has 1 aliphatic heterocycles. The van der Waals surface area contributed by atoms with Gasteiger partial charge in [-0.3, -0.25) is 4.72 Å². The molecule has 5 heteroatoms. The quantitative estimate of drug-likeness (QED) is 0.879. The third-order valence-corrected chi connectivity index (χ3v) is 4.97. The van der Waals surface area contributed by atoms with Crippen LogP contribution in [0.5, 0.6) is 0 Å². The van der Waals surface area contributed by atoms with Gasteiger partial charge in [-0.05, 0) is 56.5 Å². The minimum absolute atomic E-state index is 0.327. The Kier molecular flexibility index (Phi) is 3.92. The van der Waals surface area contributed by atoms with Gasteiger partial charge in [-0.25, -0.2) is 8.42 Å². The van der Waals surface area contributed by atoms with Gasteiger partial charge in [0.25, 0.3) is 0 Å². The van der Waals surface area contributed by atoms with Crippen LogP contribution in [0.15, 0.2) is 18.2 Å². The SMILES string of the molecule is Cc1cc(C)cc(NS(=O)(=O)C2CCCNC2)c1. The molecule has 4 nitrogen and oxygen atoms in total. The molecule has 0 aliphatic carbocycles. The van der Waals surface area contributed by atoms with E-state index in [1.807, 2.05) is 32.0 Å². The van der Waals surface area contributed by atoms with Crippen LogP contribution in [0.4, 0.5) is 5.69 Å². The molecule has 1 aliphatic rings. The molecular weight excluding hydrogens is 248 g/mol. The molecule has 0 bridgehead atoms. The molecule has 0 spiro atoms. The number of benzene rings is 1. The third-order valence-electron chi connectivity index (χ3n) is 3.17. The molecule has 100 valence electrons. The van der Waals surface area contributed by atoms with Gasteiger partial charge in [0.15, 0.2) is 0 Å². The largest absolute Gasteiger partial charge is 0.315 e. The summed E-state index contributed by atoms with van der Waals surface area (Å²) in [4.78, 5) is 0. The zero-order valence-corrected chi connectivity index (χ0v) is 11.7. The van der Waals surface area contributed by atoms with Crippen LogP contribution in [-0.4, -0.2) is 26.8 Å². The van der Waals surface area contributed by atoms with Crippen molar-refractivity contribution in [2.75, 3.05) is 17.8 Å². The topological polar surface area (TPSA) is 58.2 Å². The van der Waals surface area contributed by atoms with Gasteiger partial charge in [-0.2, -0.15) is 0 Å². The van der Waals surface area contributed by atoms with E-state index in [4.69, 9.17) is 0 Å². The van der Waals surface area contributed by atoms with Gasteiger partial charge in [0.1, 0.15) is 0 Å². The first-order valence-electron chi connectivity index (χ1n) is 6.28. The molecule has 1 aromatic rings. The Bertz CT molecular complexity index is 500. The highest BCUT2D eigenvalue weighted by Gasteiger charge is 2.27. The van der Waals surface area contributed by atoms with Crippen molar-refractivity contribution in [1.82, 2.24) is 5.32 Å². The molecule has 1 heterocycles. The summed E-state index contributed by atoms with van der Waals surface area (Å²) in [6, 6.07) is 5.75. The smallest absolute Gasteiger partial charge is 0.236 e. The summed E-state index contributed by atoms with van der Waals surface area (Å²) >= 11 is 0. The molecule has 2 rings (SSSR count). The highest BCUT2D eigenvalue weighted by atomic mass is 32.2. The van der Waals surface area contributed by atoms with Crippen molar-refractivity contribution in [3.8, 4) is 0 Å². The molecule has 18 heavy (non-hydrogen) atoms. The molecule has 0 aromatic heterocycles. The Morgan fingerprint density at radius 2 is 1.89 bits per heavy atom. The fourth-order valence-corrected chi connectivity index (χ4v) is 3.79. The zero-order valence-electron chi connectivity index (χ0n) is 10.9. The van der Waals surface area contributed by atoms with Crippen molar-refractivity contribution >= 4 is 15.7 Å². The van der Waals surface area contributed by atoms with Gasteiger partial charge in [0, 0.05) is 12.2 Å². The Balaban J connectivity index is 2.16. The molecule has 1 aromatic carbocycles. The number of hydrogen-bond donors (Lipinski definition) is 2. The number of anilines is 1. The van der Waals surface area contributed by atoms with Crippen LogP contribution < -0.4 is 10.0 Å². The zero-order chi connectivity index (χ0) is 13.2. The minimum Gasteiger partial charge on any atom is -0.315 e. The molecule has 0 saturated carbocycles. The van der Waals surface area contributed by atoms with E-state index in [9.17, 15) is 8.42 Å². The van der Waals surface area contributed by atoms with Gasteiger partial charge < -0.3 is 5.32 Å². The van der Waals surface area contributed by atoms with E-state index in [1.165, 1.54) is 0 Å². The van der Waals surface area contributed by atoms with Crippen LogP contribution in [0.3, 0.4) is 0 Å². The van der Waals surface area contributed by atoms with Gasteiger partial charge in [-0.1, -0.05) is 6.07 Å². The average Bonchev–Trinajstić information content (AvgIpc) is 2.28. The fourth-order valence-electron chi connectivity index (χ4n) is 2.37. The van der Waals surface area contributed by atoms with Crippen molar-refractivity contribution in [2.45, 2.75) is 31.9 Å². The number of hydrogen-bond acceptors (Lipinski definition) is 3. The number of rotatable bonds is 3. The lowest BCUT2D eigenvalue weighted by molar-refractivity contribution is 0.499.